The van der Waals surface area contributed by atoms with Gasteiger partial charge < -0.3 is 4.74 Å². The molecule has 0 aliphatic rings. The summed E-state index contributed by atoms with van der Waals surface area (Å²) in [4.78, 5) is 29.4. The summed E-state index contributed by atoms with van der Waals surface area (Å²) in [5.74, 6) is 4.17. The second-order valence-electron chi connectivity index (χ2n) is 5.89. The van der Waals surface area contributed by atoms with Crippen molar-refractivity contribution in [3.05, 3.63) is 47.0 Å². The minimum atomic E-state index is -2.58. The van der Waals surface area contributed by atoms with Gasteiger partial charge in [0.05, 0.1) is 11.6 Å². The largest absolute Gasteiger partial charge is 0.381 e. The standard InChI is InChI=1S/C17H21N2O4PS/c1-13(23-2)17(24(12-20)19-21)11-25(3,22)10-14-8-15-6-4-5-7-16(15)18-9-14/h4-9,12-13,17H,3,10-11H2,1-2H3. The Labute approximate surface area is 148 Å². The van der Waals surface area contributed by atoms with Gasteiger partial charge in [-0.25, -0.2) is 0 Å². The summed E-state index contributed by atoms with van der Waals surface area (Å²) in [6.45, 7) is 1.74. The average Bonchev–Trinajstić information content (AvgIpc) is 2.60. The molecule has 0 saturated heterocycles. The van der Waals surface area contributed by atoms with Gasteiger partial charge in [0.1, 0.15) is 8.07 Å². The number of para-hydroxylation sites is 1. The quantitative estimate of drug-likeness (QED) is 0.289. The molecular formula is C17H21N2O4PS. The van der Waals surface area contributed by atoms with Crippen LogP contribution in [0.3, 0.4) is 0 Å². The molecule has 6 nitrogen and oxygen atoms in total. The molecule has 0 saturated carbocycles. The molecule has 134 valence electrons. The summed E-state index contributed by atoms with van der Waals surface area (Å²) in [5, 5.41) is 0.960. The second-order valence-corrected chi connectivity index (χ2v) is 10.2. The van der Waals surface area contributed by atoms with Gasteiger partial charge >= 0.3 is 0 Å². The Kier molecular flexibility index (Phi) is 6.76. The van der Waals surface area contributed by atoms with Gasteiger partial charge in [0.2, 0.25) is 0 Å². The summed E-state index contributed by atoms with van der Waals surface area (Å²) in [6, 6.07) is 10.1. The molecule has 4 atom stereocenters. The van der Waals surface area contributed by atoms with Crippen LogP contribution in [0.1, 0.15) is 12.5 Å². The summed E-state index contributed by atoms with van der Waals surface area (Å²) in [6.07, 6.45) is 1.27. The fraction of sp³-hybridized carbons (Fsp3) is 0.353. The highest BCUT2D eigenvalue weighted by Gasteiger charge is 2.31. The number of rotatable bonds is 9. The van der Waals surface area contributed by atoms with Crippen molar-refractivity contribution in [1.82, 2.24) is 4.98 Å². The Morgan fingerprint density at radius 2 is 2.16 bits per heavy atom. The lowest BCUT2D eigenvalue weighted by Gasteiger charge is -2.25. The van der Waals surface area contributed by atoms with E-state index < -0.39 is 29.4 Å². The van der Waals surface area contributed by atoms with Gasteiger partial charge in [-0.3, -0.25) is 14.0 Å². The van der Waals surface area contributed by atoms with Crippen molar-refractivity contribution in [2.24, 2.45) is 4.95 Å². The third kappa shape index (κ3) is 5.14. The van der Waals surface area contributed by atoms with E-state index in [0.29, 0.717) is 6.03 Å². The first kappa shape index (κ1) is 19.6. The fourth-order valence-corrected chi connectivity index (χ4v) is 6.68. The fourth-order valence-electron chi connectivity index (χ4n) is 2.61. The predicted molar refractivity (Wildman–Crippen MR) is 105 cm³/mol. The molecule has 1 heterocycles. The maximum Gasteiger partial charge on any atom is 0.168 e. The van der Waals surface area contributed by atoms with Crippen molar-refractivity contribution in [2.75, 3.05) is 12.9 Å². The molecule has 0 aliphatic carbocycles. The zero-order valence-electron chi connectivity index (χ0n) is 14.2. The molecule has 0 spiro atoms. The zero-order chi connectivity index (χ0) is 18.4. The number of fused-ring (bicyclic) bond motifs is 1. The summed E-state index contributed by atoms with van der Waals surface area (Å²) in [7, 11) is -2.90. The molecule has 2 rings (SSSR count). The van der Waals surface area contributed by atoms with Crippen LogP contribution in [0.25, 0.3) is 10.9 Å². The highest BCUT2D eigenvalue weighted by molar-refractivity contribution is 8.00. The molecule has 2 aromatic rings. The van der Waals surface area contributed by atoms with Gasteiger partial charge in [0.25, 0.3) is 0 Å². The molecule has 8 heteroatoms. The van der Waals surface area contributed by atoms with Crippen LogP contribution in [-0.4, -0.2) is 45.7 Å². The van der Waals surface area contributed by atoms with Crippen LogP contribution in [0.5, 0.6) is 0 Å². The Morgan fingerprint density at radius 3 is 2.80 bits per heavy atom. The van der Waals surface area contributed by atoms with E-state index in [1.165, 1.54) is 7.11 Å². The van der Waals surface area contributed by atoms with Crippen LogP contribution in [0.2, 0.25) is 0 Å². The van der Waals surface area contributed by atoms with Crippen LogP contribution in [-0.2, 0) is 24.8 Å². The Hall–Kier alpha value is -1.69. The minimum Gasteiger partial charge on any atom is -0.381 e. The van der Waals surface area contributed by atoms with Crippen molar-refractivity contribution in [3.8, 4) is 0 Å². The number of carbonyl (C=O) groups is 1. The number of hydrogen-bond acceptors (Lipinski definition) is 6. The third-order valence-corrected chi connectivity index (χ3v) is 7.77. The smallest absolute Gasteiger partial charge is 0.168 e. The first-order valence-corrected chi connectivity index (χ1v) is 11.2. The molecule has 4 unspecified atom stereocenters. The SMILES string of the molecule is C=S(=O)(Cc1cnc2ccccc2c1)CC(C(C)OC)P(C=O)N=O. The summed E-state index contributed by atoms with van der Waals surface area (Å²) in [5.41, 5.74) is 1.15. The molecule has 0 radical (unpaired) electrons. The van der Waals surface area contributed by atoms with E-state index in [1.807, 2.05) is 30.3 Å². The van der Waals surface area contributed by atoms with E-state index >= 15 is 0 Å². The van der Waals surface area contributed by atoms with Crippen LogP contribution in [0.4, 0.5) is 0 Å². The van der Waals surface area contributed by atoms with Gasteiger partial charge in [-0.2, -0.15) is 0 Å². The van der Waals surface area contributed by atoms with Crippen LogP contribution < -0.4 is 0 Å². The van der Waals surface area contributed by atoms with Crippen LogP contribution in [0, 0.1) is 4.91 Å². The maximum absolute atomic E-state index is 13.0. The second kappa shape index (κ2) is 8.61. The Morgan fingerprint density at radius 1 is 1.44 bits per heavy atom. The number of carbonyl (C=O) groups excluding carboxylic acids is 1. The van der Waals surface area contributed by atoms with E-state index in [-0.39, 0.29) is 11.5 Å². The Balaban J connectivity index is 2.23. The average molecular weight is 380 g/mol. The summed E-state index contributed by atoms with van der Waals surface area (Å²) >= 11 is 0. The number of ether oxygens (including phenoxy) is 1. The van der Waals surface area contributed by atoms with Gasteiger partial charge in [0.15, 0.2) is 6.03 Å². The lowest BCUT2D eigenvalue weighted by Crippen LogP contribution is -2.31. The topological polar surface area (TPSA) is 85.7 Å². The minimum absolute atomic E-state index is 0.102. The number of methoxy groups -OCH3 is 1. The number of hydrogen-bond donors (Lipinski definition) is 0. The van der Waals surface area contributed by atoms with Crippen molar-refractivity contribution < 1.29 is 13.7 Å². The first-order valence-electron chi connectivity index (χ1n) is 7.66. The van der Waals surface area contributed by atoms with E-state index in [1.54, 1.807) is 13.1 Å². The molecule has 0 aliphatic heterocycles. The van der Waals surface area contributed by atoms with Crippen molar-refractivity contribution in [1.29, 1.82) is 0 Å². The molecule has 0 N–H and O–H groups in total. The molecule has 0 amide bonds. The third-order valence-electron chi connectivity index (χ3n) is 4.01. The lowest BCUT2D eigenvalue weighted by atomic mass is 10.2. The number of pyridine rings is 1. The predicted octanol–water partition coefficient (Wildman–Crippen LogP) is 3.21. The number of nitroso groups, excluding NO2 is 1. The van der Waals surface area contributed by atoms with Gasteiger partial charge in [-0.15, -0.1) is 4.91 Å². The van der Waals surface area contributed by atoms with Gasteiger partial charge in [0, 0.05) is 35.9 Å². The van der Waals surface area contributed by atoms with Crippen LogP contribution >= 0.6 is 8.07 Å². The lowest BCUT2D eigenvalue weighted by molar-refractivity contribution is 0.119. The van der Waals surface area contributed by atoms with Crippen LogP contribution in [0.15, 0.2) is 41.5 Å². The van der Waals surface area contributed by atoms with Gasteiger partial charge in [-0.1, -0.05) is 18.2 Å². The molecule has 0 bridgehead atoms. The van der Waals surface area contributed by atoms with E-state index in [2.05, 4.69) is 15.8 Å². The van der Waals surface area contributed by atoms with E-state index in [9.17, 15) is 13.9 Å². The van der Waals surface area contributed by atoms with E-state index in [0.717, 1.165) is 16.5 Å². The number of nitrogens with zero attached hydrogens (tertiary/aromatic N) is 2. The zero-order valence-corrected chi connectivity index (χ0v) is 15.9. The molecule has 1 aromatic carbocycles. The number of aromatic nitrogens is 1. The van der Waals surface area contributed by atoms with Gasteiger partial charge in [-0.05, 0) is 45.0 Å². The highest BCUT2D eigenvalue weighted by atomic mass is 32.2. The number of benzene rings is 1. The normalized spacial score (nSPS) is 17.4. The molecule has 1 aromatic heterocycles. The van der Waals surface area contributed by atoms with Crippen molar-refractivity contribution in [2.45, 2.75) is 24.4 Å². The monoisotopic (exact) mass is 380 g/mol. The molecule has 0 fully saturated rings. The van der Waals surface area contributed by atoms with E-state index in [4.69, 9.17) is 4.74 Å². The van der Waals surface area contributed by atoms with Crippen molar-refractivity contribution >= 4 is 40.4 Å². The molecular weight excluding hydrogens is 359 g/mol. The Bertz CT molecular complexity index is 849. The molecule has 25 heavy (non-hydrogen) atoms. The van der Waals surface area contributed by atoms with Crippen molar-refractivity contribution in [3.63, 3.8) is 0 Å². The summed E-state index contributed by atoms with van der Waals surface area (Å²) < 4.78 is 18.3. The highest BCUT2D eigenvalue weighted by Crippen LogP contribution is 2.42. The first-order chi connectivity index (χ1) is 11.9. The maximum atomic E-state index is 13.0.